The van der Waals surface area contributed by atoms with Crippen molar-refractivity contribution in [3.05, 3.63) is 47.0 Å². The number of amides is 1. The molecule has 138 valence electrons. The number of benzene rings is 2. The molecule has 1 aliphatic rings. The van der Waals surface area contributed by atoms with Crippen LogP contribution in [-0.2, 0) is 0 Å². The lowest BCUT2D eigenvalue weighted by atomic mass is 10.1. The molecule has 0 radical (unpaired) electrons. The SMILES string of the molecule is COc1cc(C(=O)Nc2ccc(N3CCCC3)cc2C)cc(OC)c1C. The first-order valence-electron chi connectivity index (χ1n) is 8.93. The molecule has 0 saturated carbocycles. The Morgan fingerprint density at radius 3 is 2.15 bits per heavy atom. The molecule has 1 heterocycles. The lowest BCUT2D eigenvalue weighted by Crippen LogP contribution is -2.18. The fourth-order valence-electron chi connectivity index (χ4n) is 3.37. The molecule has 5 heteroatoms. The number of nitrogens with zero attached hydrogens (tertiary/aromatic N) is 1. The van der Waals surface area contributed by atoms with Crippen LogP contribution in [0.15, 0.2) is 30.3 Å². The molecular formula is C21H26N2O3. The molecule has 0 spiro atoms. The van der Waals surface area contributed by atoms with Gasteiger partial charge in [0, 0.05) is 35.6 Å². The van der Waals surface area contributed by atoms with Crippen molar-refractivity contribution in [2.45, 2.75) is 26.7 Å². The van der Waals surface area contributed by atoms with Crippen LogP contribution >= 0.6 is 0 Å². The van der Waals surface area contributed by atoms with E-state index in [-0.39, 0.29) is 5.91 Å². The summed E-state index contributed by atoms with van der Waals surface area (Å²) in [6, 6.07) is 9.66. The Kier molecular flexibility index (Phi) is 5.35. The molecule has 2 aromatic rings. The second kappa shape index (κ2) is 7.68. The second-order valence-electron chi connectivity index (χ2n) is 6.65. The maximum absolute atomic E-state index is 12.7. The zero-order valence-corrected chi connectivity index (χ0v) is 15.9. The summed E-state index contributed by atoms with van der Waals surface area (Å²) in [4.78, 5) is 15.1. The zero-order valence-electron chi connectivity index (χ0n) is 15.9. The average Bonchev–Trinajstić information content (AvgIpc) is 3.18. The van der Waals surface area contributed by atoms with E-state index in [2.05, 4.69) is 22.3 Å². The Morgan fingerprint density at radius 2 is 1.62 bits per heavy atom. The van der Waals surface area contributed by atoms with E-state index in [9.17, 15) is 4.79 Å². The molecule has 1 N–H and O–H groups in total. The van der Waals surface area contributed by atoms with Crippen molar-refractivity contribution in [2.24, 2.45) is 0 Å². The molecule has 0 bridgehead atoms. The van der Waals surface area contributed by atoms with E-state index in [0.29, 0.717) is 17.1 Å². The quantitative estimate of drug-likeness (QED) is 0.875. The van der Waals surface area contributed by atoms with E-state index in [0.717, 1.165) is 29.9 Å². The Labute approximate surface area is 154 Å². The van der Waals surface area contributed by atoms with E-state index in [1.54, 1.807) is 26.4 Å². The van der Waals surface area contributed by atoms with Gasteiger partial charge in [-0.2, -0.15) is 0 Å². The Hall–Kier alpha value is -2.69. The molecule has 1 aliphatic heterocycles. The molecular weight excluding hydrogens is 328 g/mol. The van der Waals surface area contributed by atoms with Crippen molar-refractivity contribution in [3.8, 4) is 11.5 Å². The minimum atomic E-state index is -0.182. The molecule has 0 aromatic heterocycles. The molecule has 0 atom stereocenters. The van der Waals surface area contributed by atoms with Crippen molar-refractivity contribution < 1.29 is 14.3 Å². The van der Waals surface area contributed by atoms with E-state index < -0.39 is 0 Å². The molecule has 26 heavy (non-hydrogen) atoms. The summed E-state index contributed by atoms with van der Waals surface area (Å²) in [5.41, 5.74) is 4.46. The first kappa shape index (κ1) is 18.1. The Bertz CT molecular complexity index is 786. The number of anilines is 2. The number of aryl methyl sites for hydroxylation is 1. The van der Waals surface area contributed by atoms with E-state index in [1.165, 1.54) is 18.5 Å². The van der Waals surface area contributed by atoms with Crippen LogP contribution in [0.2, 0.25) is 0 Å². The number of rotatable bonds is 5. The predicted octanol–water partition coefficient (Wildman–Crippen LogP) is 4.17. The number of ether oxygens (including phenoxy) is 2. The number of carbonyl (C=O) groups excluding carboxylic acids is 1. The molecule has 3 rings (SSSR count). The lowest BCUT2D eigenvalue weighted by Gasteiger charge is -2.19. The topological polar surface area (TPSA) is 50.8 Å². The monoisotopic (exact) mass is 354 g/mol. The van der Waals surface area contributed by atoms with Gasteiger partial charge in [0.15, 0.2) is 0 Å². The average molecular weight is 354 g/mol. The zero-order chi connectivity index (χ0) is 18.7. The molecule has 2 aromatic carbocycles. The van der Waals surface area contributed by atoms with Gasteiger partial charge in [-0.05, 0) is 62.6 Å². The summed E-state index contributed by atoms with van der Waals surface area (Å²) in [6.07, 6.45) is 2.49. The van der Waals surface area contributed by atoms with Crippen LogP contribution < -0.4 is 19.7 Å². The van der Waals surface area contributed by atoms with Gasteiger partial charge in [0.2, 0.25) is 0 Å². The number of hydrogen-bond donors (Lipinski definition) is 1. The Morgan fingerprint density at radius 1 is 1.00 bits per heavy atom. The molecule has 0 aliphatic carbocycles. The van der Waals surface area contributed by atoms with Gasteiger partial charge in [-0.1, -0.05) is 0 Å². The molecule has 1 saturated heterocycles. The number of carbonyl (C=O) groups is 1. The summed E-state index contributed by atoms with van der Waals surface area (Å²) in [7, 11) is 3.18. The van der Waals surface area contributed by atoms with Crippen LogP contribution in [0.5, 0.6) is 11.5 Å². The Balaban J connectivity index is 1.81. The number of hydrogen-bond acceptors (Lipinski definition) is 4. The highest BCUT2D eigenvalue weighted by Gasteiger charge is 2.16. The smallest absolute Gasteiger partial charge is 0.255 e. The van der Waals surface area contributed by atoms with Crippen molar-refractivity contribution in [1.82, 2.24) is 0 Å². The standard InChI is InChI=1S/C21H26N2O3/c1-14-11-17(23-9-5-6-10-23)7-8-18(14)22-21(24)16-12-19(25-3)15(2)20(13-16)26-4/h7-8,11-13H,5-6,9-10H2,1-4H3,(H,22,24). The van der Waals surface area contributed by atoms with E-state index >= 15 is 0 Å². The minimum absolute atomic E-state index is 0.182. The van der Waals surface area contributed by atoms with Gasteiger partial charge >= 0.3 is 0 Å². The summed E-state index contributed by atoms with van der Waals surface area (Å²) < 4.78 is 10.7. The van der Waals surface area contributed by atoms with Crippen molar-refractivity contribution in [1.29, 1.82) is 0 Å². The highest BCUT2D eigenvalue weighted by Crippen LogP contribution is 2.30. The van der Waals surface area contributed by atoms with Crippen LogP contribution in [0.4, 0.5) is 11.4 Å². The first-order valence-corrected chi connectivity index (χ1v) is 8.93. The first-order chi connectivity index (χ1) is 12.5. The van der Waals surface area contributed by atoms with Crippen molar-refractivity contribution in [3.63, 3.8) is 0 Å². The third-order valence-corrected chi connectivity index (χ3v) is 4.94. The summed E-state index contributed by atoms with van der Waals surface area (Å²) in [5, 5.41) is 3.00. The van der Waals surface area contributed by atoms with E-state index in [1.807, 2.05) is 19.9 Å². The van der Waals surface area contributed by atoms with Crippen molar-refractivity contribution in [2.75, 3.05) is 37.5 Å². The van der Waals surface area contributed by atoms with Gasteiger partial charge in [-0.15, -0.1) is 0 Å². The summed E-state index contributed by atoms with van der Waals surface area (Å²) >= 11 is 0. The highest BCUT2D eigenvalue weighted by atomic mass is 16.5. The van der Waals surface area contributed by atoms with Crippen LogP contribution in [-0.4, -0.2) is 33.2 Å². The van der Waals surface area contributed by atoms with E-state index in [4.69, 9.17) is 9.47 Å². The minimum Gasteiger partial charge on any atom is -0.496 e. The van der Waals surface area contributed by atoms with Crippen LogP contribution in [0.25, 0.3) is 0 Å². The van der Waals surface area contributed by atoms with Gasteiger partial charge in [0.1, 0.15) is 11.5 Å². The van der Waals surface area contributed by atoms with Crippen LogP contribution in [0.3, 0.4) is 0 Å². The summed E-state index contributed by atoms with van der Waals surface area (Å²) in [5.74, 6) is 1.09. The predicted molar refractivity (Wildman–Crippen MR) is 105 cm³/mol. The molecule has 5 nitrogen and oxygen atoms in total. The fourth-order valence-corrected chi connectivity index (χ4v) is 3.37. The van der Waals surface area contributed by atoms with Crippen LogP contribution in [0, 0.1) is 13.8 Å². The normalized spacial score (nSPS) is 13.6. The van der Waals surface area contributed by atoms with Crippen molar-refractivity contribution >= 4 is 17.3 Å². The maximum Gasteiger partial charge on any atom is 0.255 e. The molecule has 1 fully saturated rings. The van der Waals surface area contributed by atoms with Gasteiger partial charge in [-0.3, -0.25) is 4.79 Å². The van der Waals surface area contributed by atoms with Gasteiger partial charge < -0.3 is 19.7 Å². The van der Waals surface area contributed by atoms with Gasteiger partial charge in [-0.25, -0.2) is 0 Å². The van der Waals surface area contributed by atoms with Gasteiger partial charge in [0.05, 0.1) is 14.2 Å². The largest absolute Gasteiger partial charge is 0.496 e. The molecule has 0 unspecified atom stereocenters. The third-order valence-electron chi connectivity index (χ3n) is 4.94. The lowest BCUT2D eigenvalue weighted by molar-refractivity contribution is 0.102. The number of nitrogens with one attached hydrogen (secondary N) is 1. The molecule has 1 amide bonds. The van der Waals surface area contributed by atoms with Crippen LogP contribution in [0.1, 0.15) is 34.3 Å². The summed E-state index contributed by atoms with van der Waals surface area (Å²) in [6.45, 7) is 6.13. The second-order valence-corrected chi connectivity index (χ2v) is 6.65. The highest BCUT2D eigenvalue weighted by molar-refractivity contribution is 6.05. The maximum atomic E-state index is 12.7. The fraction of sp³-hybridized carbons (Fsp3) is 0.381. The van der Waals surface area contributed by atoms with Gasteiger partial charge in [0.25, 0.3) is 5.91 Å². The number of methoxy groups -OCH3 is 2. The third kappa shape index (κ3) is 3.62.